The number of likely N-dealkylation sites (N-methyl/N-ethyl adjacent to an activating group) is 1. The third-order valence-electron chi connectivity index (χ3n) is 12.2. The minimum Gasteiger partial charge on any atom is -0.477 e. The lowest BCUT2D eigenvalue weighted by Gasteiger charge is -2.31. The van der Waals surface area contributed by atoms with Gasteiger partial charge >= 0.3 is 17.9 Å². The Balaban J connectivity index is 4.29. The molecule has 0 spiro atoms. The molecule has 0 amide bonds. The monoisotopic (exact) mass is 977 g/mol. The Hall–Kier alpha value is -3.75. The van der Waals surface area contributed by atoms with Crippen LogP contribution < -0.4 is 0 Å². The Morgan fingerprint density at radius 3 is 1.19 bits per heavy atom. The normalized spacial score (nSPS) is 13.6. The highest BCUT2D eigenvalue weighted by atomic mass is 16.6. The van der Waals surface area contributed by atoms with Gasteiger partial charge in [-0.25, -0.2) is 4.79 Å². The SMILES string of the molecule is CC/C=C/C/C=C/C/C=C/C/C=C/C/C=C/C/C=C/CCCCCCC(=O)OC(COCCC(C(=O)O)[N+](C)(C)C)COC(=O)CCCCCCCCC/C=C/C/C=C/CCCCCCCCCCC. The second kappa shape index (κ2) is 51.6. The summed E-state index contributed by atoms with van der Waals surface area (Å²) in [6.45, 7) is 4.60. The van der Waals surface area contributed by atoms with Crippen molar-refractivity contribution in [1.29, 1.82) is 0 Å². The van der Waals surface area contributed by atoms with Crippen LogP contribution in [-0.4, -0.2) is 80.6 Å². The molecular weight excluding hydrogens is 871 g/mol. The maximum atomic E-state index is 12.8. The summed E-state index contributed by atoms with van der Waals surface area (Å²) in [5.74, 6) is -1.51. The summed E-state index contributed by atoms with van der Waals surface area (Å²) in [5, 5.41) is 9.68. The molecule has 0 aliphatic heterocycles. The van der Waals surface area contributed by atoms with Crippen LogP contribution >= 0.6 is 0 Å². The third-order valence-corrected chi connectivity index (χ3v) is 12.2. The molecule has 8 heteroatoms. The summed E-state index contributed by atoms with van der Waals surface area (Å²) in [6, 6.07) is -0.628. The number of carbonyl (C=O) groups is 3. The van der Waals surface area contributed by atoms with Gasteiger partial charge in [-0.3, -0.25) is 9.59 Å². The minimum absolute atomic E-state index is 0.0424. The summed E-state index contributed by atoms with van der Waals surface area (Å²) in [5.41, 5.74) is 0. The van der Waals surface area contributed by atoms with Gasteiger partial charge in [0, 0.05) is 19.3 Å². The molecule has 0 saturated heterocycles. The zero-order valence-electron chi connectivity index (χ0n) is 45.7. The molecule has 0 saturated carbocycles. The van der Waals surface area contributed by atoms with E-state index >= 15 is 0 Å². The number of ether oxygens (including phenoxy) is 3. The van der Waals surface area contributed by atoms with Crippen LogP contribution in [0.2, 0.25) is 0 Å². The zero-order chi connectivity index (χ0) is 51.3. The Labute approximate surface area is 430 Å². The molecule has 0 aromatic rings. The lowest BCUT2D eigenvalue weighted by Crippen LogP contribution is -2.50. The number of aliphatic carboxylic acids is 1. The average molecular weight is 978 g/mol. The molecule has 0 aliphatic rings. The predicted octanol–water partition coefficient (Wildman–Crippen LogP) is 17.0. The average Bonchev–Trinajstić information content (AvgIpc) is 3.33. The number of unbranched alkanes of at least 4 members (excludes halogenated alkanes) is 20. The lowest BCUT2D eigenvalue weighted by molar-refractivity contribution is -0.887. The van der Waals surface area contributed by atoms with Gasteiger partial charge in [-0.2, -0.15) is 0 Å². The molecule has 70 heavy (non-hydrogen) atoms. The van der Waals surface area contributed by atoms with Crippen LogP contribution in [0.1, 0.15) is 226 Å². The Morgan fingerprint density at radius 1 is 0.443 bits per heavy atom. The Kier molecular flexibility index (Phi) is 48.8. The molecule has 0 radical (unpaired) electrons. The first-order valence-corrected chi connectivity index (χ1v) is 28.3. The molecule has 0 aliphatic carbocycles. The molecule has 1 N–H and O–H groups in total. The second-order valence-corrected chi connectivity index (χ2v) is 19.8. The number of nitrogens with zero attached hydrogens (tertiary/aromatic N) is 1. The van der Waals surface area contributed by atoms with Crippen molar-refractivity contribution in [2.45, 2.75) is 238 Å². The van der Waals surface area contributed by atoms with E-state index in [0.29, 0.717) is 19.3 Å². The molecule has 2 unspecified atom stereocenters. The number of carboxylic acids is 1. The third kappa shape index (κ3) is 49.2. The summed E-state index contributed by atoms with van der Waals surface area (Å²) in [4.78, 5) is 37.3. The molecule has 0 aromatic carbocycles. The van der Waals surface area contributed by atoms with Crippen molar-refractivity contribution in [3.8, 4) is 0 Å². The zero-order valence-corrected chi connectivity index (χ0v) is 45.7. The molecule has 8 nitrogen and oxygen atoms in total. The van der Waals surface area contributed by atoms with Gasteiger partial charge in [-0.15, -0.1) is 0 Å². The van der Waals surface area contributed by atoms with Gasteiger partial charge in [0.25, 0.3) is 0 Å². The number of carbonyl (C=O) groups excluding carboxylic acids is 2. The molecular formula is C62H106NO7+. The van der Waals surface area contributed by atoms with Crippen molar-refractivity contribution < 1.29 is 38.2 Å². The fourth-order valence-electron chi connectivity index (χ4n) is 7.89. The quantitative estimate of drug-likeness (QED) is 0.0281. The fourth-order valence-corrected chi connectivity index (χ4v) is 7.89. The van der Waals surface area contributed by atoms with Gasteiger partial charge in [0.05, 0.1) is 34.4 Å². The molecule has 0 fully saturated rings. The second-order valence-electron chi connectivity index (χ2n) is 19.8. The van der Waals surface area contributed by atoms with Crippen molar-refractivity contribution in [3.63, 3.8) is 0 Å². The van der Waals surface area contributed by atoms with Crippen LogP contribution in [0.3, 0.4) is 0 Å². The number of hydrogen-bond acceptors (Lipinski definition) is 6. The number of quaternary nitrogens is 1. The number of hydrogen-bond donors (Lipinski definition) is 1. The van der Waals surface area contributed by atoms with Crippen LogP contribution in [0.4, 0.5) is 0 Å². The maximum Gasteiger partial charge on any atom is 0.362 e. The standard InChI is InChI=1S/C62H105NO7/c1-6-8-10-12-14-16-18-20-22-24-26-28-30-32-34-36-38-40-42-44-46-48-50-52-60(64)69-57-58(56-68-55-54-59(62(66)67)63(3,4)5)70-61(65)53-51-49-47-45-43-41-39-37-35-33-31-29-27-25-23-21-19-17-15-13-11-9-7-2/h9,11,15,17,21,23,26-29,32-35,39,41,58-59H,6-8,10,12-14,16,18-20,22,24-25,30-31,36-38,40,42-57H2,1-5H3/p+1/b11-9+,17-15+,23-21+,28-26+,29-27+,34-32+,35-33+,41-39+. The van der Waals surface area contributed by atoms with E-state index in [9.17, 15) is 19.5 Å². The summed E-state index contributed by atoms with van der Waals surface area (Å²) in [7, 11) is 5.52. The summed E-state index contributed by atoms with van der Waals surface area (Å²) >= 11 is 0. The minimum atomic E-state index is -0.883. The first kappa shape index (κ1) is 66.2. The van der Waals surface area contributed by atoms with Gasteiger partial charge in [-0.05, 0) is 96.3 Å². The van der Waals surface area contributed by atoms with Crippen LogP contribution in [0.15, 0.2) is 97.2 Å². The fraction of sp³-hybridized carbons (Fsp3) is 0.694. The molecule has 400 valence electrons. The van der Waals surface area contributed by atoms with E-state index in [1.165, 1.54) is 89.9 Å². The van der Waals surface area contributed by atoms with Gasteiger partial charge < -0.3 is 23.8 Å². The first-order chi connectivity index (χ1) is 34.1. The highest BCUT2D eigenvalue weighted by Gasteiger charge is 2.31. The highest BCUT2D eigenvalue weighted by Crippen LogP contribution is 2.14. The number of rotatable bonds is 50. The van der Waals surface area contributed by atoms with E-state index in [0.717, 1.165) is 103 Å². The van der Waals surface area contributed by atoms with E-state index in [-0.39, 0.29) is 36.2 Å². The number of allylic oxidation sites excluding steroid dienone is 16. The van der Waals surface area contributed by atoms with E-state index in [2.05, 4.69) is 111 Å². The van der Waals surface area contributed by atoms with Gasteiger partial charge in [0.15, 0.2) is 12.1 Å². The van der Waals surface area contributed by atoms with E-state index in [1.807, 2.05) is 21.1 Å². The summed E-state index contributed by atoms with van der Waals surface area (Å²) < 4.78 is 17.4. The molecule has 0 heterocycles. The van der Waals surface area contributed by atoms with Crippen LogP contribution in [0, 0.1) is 0 Å². The smallest absolute Gasteiger partial charge is 0.362 e. The van der Waals surface area contributed by atoms with Crippen molar-refractivity contribution >= 4 is 17.9 Å². The first-order valence-electron chi connectivity index (χ1n) is 28.3. The largest absolute Gasteiger partial charge is 0.477 e. The van der Waals surface area contributed by atoms with Crippen LogP contribution in [0.25, 0.3) is 0 Å². The molecule has 0 aromatic heterocycles. The highest BCUT2D eigenvalue weighted by molar-refractivity contribution is 5.72. The summed E-state index contributed by atoms with van der Waals surface area (Å²) in [6.07, 6.45) is 70.4. The predicted molar refractivity (Wildman–Crippen MR) is 298 cm³/mol. The Morgan fingerprint density at radius 2 is 0.800 bits per heavy atom. The molecule has 0 bridgehead atoms. The number of esters is 2. The van der Waals surface area contributed by atoms with E-state index in [4.69, 9.17) is 14.2 Å². The van der Waals surface area contributed by atoms with Crippen molar-refractivity contribution in [3.05, 3.63) is 97.2 Å². The van der Waals surface area contributed by atoms with E-state index in [1.54, 1.807) is 0 Å². The van der Waals surface area contributed by atoms with Crippen molar-refractivity contribution in [2.75, 3.05) is 41.0 Å². The van der Waals surface area contributed by atoms with Crippen molar-refractivity contribution in [1.82, 2.24) is 0 Å². The van der Waals surface area contributed by atoms with Crippen LogP contribution in [-0.2, 0) is 28.6 Å². The van der Waals surface area contributed by atoms with Crippen molar-refractivity contribution in [2.24, 2.45) is 0 Å². The van der Waals surface area contributed by atoms with E-state index < -0.39 is 18.1 Å². The topological polar surface area (TPSA) is 99.1 Å². The van der Waals surface area contributed by atoms with Gasteiger partial charge in [-0.1, -0.05) is 207 Å². The van der Waals surface area contributed by atoms with Gasteiger partial charge in [0.2, 0.25) is 0 Å². The number of carboxylic acid groups (broad SMARTS) is 1. The van der Waals surface area contributed by atoms with Gasteiger partial charge in [0.1, 0.15) is 6.61 Å². The Bertz CT molecular complexity index is 1460. The lowest BCUT2D eigenvalue weighted by atomic mass is 10.1. The maximum absolute atomic E-state index is 12.8. The molecule has 2 atom stereocenters. The van der Waals surface area contributed by atoms with Crippen LogP contribution in [0.5, 0.6) is 0 Å². The molecule has 0 rings (SSSR count).